The normalized spacial score (nSPS) is 14.5. The van der Waals surface area contributed by atoms with Crippen molar-refractivity contribution >= 4 is 16.8 Å². The molecule has 1 saturated heterocycles. The number of amides is 1. The lowest BCUT2D eigenvalue weighted by Gasteiger charge is -2.34. The number of ether oxygens (including phenoxy) is 1. The molecule has 6 nitrogen and oxygen atoms in total. The zero-order valence-electron chi connectivity index (χ0n) is 18.4. The van der Waals surface area contributed by atoms with Crippen molar-refractivity contribution in [3.05, 3.63) is 84.3 Å². The van der Waals surface area contributed by atoms with Crippen molar-refractivity contribution in [3.8, 4) is 11.1 Å². The summed E-state index contributed by atoms with van der Waals surface area (Å²) in [6, 6.07) is 14.8. The molecule has 5 rings (SSSR count). The second-order valence-electron chi connectivity index (χ2n) is 8.43. The van der Waals surface area contributed by atoms with Crippen LogP contribution >= 0.6 is 0 Å². The molecule has 0 atom stereocenters. The third-order valence-electron chi connectivity index (χ3n) is 6.10. The third kappa shape index (κ3) is 4.50. The van der Waals surface area contributed by atoms with Gasteiger partial charge in [0, 0.05) is 61.8 Å². The number of rotatable bonds is 5. The number of nitrogens with zero attached hydrogens (tertiary/aromatic N) is 4. The molecule has 0 saturated carbocycles. The van der Waals surface area contributed by atoms with Gasteiger partial charge < -0.3 is 14.2 Å². The fourth-order valence-corrected chi connectivity index (χ4v) is 4.34. The average Bonchev–Trinajstić information content (AvgIpc) is 3.29. The largest absolute Gasteiger partial charge is 0.381 e. The monoisotopic (exact) mass is 444 g/mol. The maximum Gasteiger partial charge on any atom is 0.274 e. The van der Waals surface area contributed by atoms with E-state index in [0.29, 0.717) is 36.6 Å². The van der Waals surface area contributed by atoms with Crippen molar-refractivity contribution in [1.29, 1.82) is 0 Å². The Morgan fingerprint density at radius 2 is 1.97 bits per heavy atom. The second kappa shape index (κ2) is 9.11. The molecule has 33 heavy (non-hydrogen) atoms. The lowest BCUT2D eigenvalue weighted by atomic mass is 10.0. The fourth-order valence-electron chi connectivity index (χ4n) is 4.34. The number of aromatic nitrogens is 3. The Balaban J connectivity index is 1.48. The van der Waals surface area contributed by atoms with Crippen LogP contribution in [0, 0.1) is 5.82 Å². The van der Waals surface area contributed by atoms with Gasteiger partial charge in [-0.05, 0) is 42.7 Å². The number of hydrogen-bond acceptors (Lipinski definition) is 4. The first-order valence-electron chi connectivity index (χ1n) is 11.1. The van der Waals surface area contributed by atoms with Crippen LogP contribution < -0.4 is 0 Å². The van der Waals surface area contributed by atoms with Crippen LogP contribution in [0.3, 0.4) is 0 Å². The van der Waals surface area contributed by atoms with Crippen molar-refractivity contribution in [2.75, 3.05) is 13.2 Å². The van der Waals surface area contributed by atoms with Crippen molar-refractivity contribution in [2.45, 2.75) is 25.4 Å². The van der Waals surface area contributed by atoms with Gasteiger partial charge in [-0.25, -0.2) is 9.37 Å². The van der Waals surface area contributed by atoms with E-state index in [1.165, 1.54) is 6.07 Å². The minimum absolute atomic E-state index is 0.0455. The average molecular weight is 445 g/mol. The van der Waals surface area contributed by atoms with Crippen LogP contribution in [0.1, 0.15) is 28.9 Å². The summed E-state index contributed by atoms with van der Waals surface area (Å²) in [4.78, 5) is 23.9. The summed E-state index contributed by atoms with van der Waals surface area (Å²) >= 11 is 0. The van der Waals surface area contributed by atoms with Crippen LogP contribution in [0.15, 0.2) is 67.3 Å². The van der Waals surface area contributed by atoms with Crippen LogP contribution in [-0.2, 0) is 18.3 Å². The molecule has 1 fully saturated rings. The molecule has 3 heterocycles. The van der Waals surface area contributed by atoms with Crippen molar-refractivity contribution < 1.29 is 13.9 Å². The molecular formula is C26H25FN4O2. The summed E-state index contributed by atoms with van der Waals surface area (Å²) in [5.74, 6) is -0.440. The van der Waals surface area contributed by atoms with E-state index in [4.69, 9.17) is 4.74 Å². The number of carbonyl (C=O) groups excluding carboxylic acids is 1. The van der Waals surface area contributed by atoms with Gasteiger partial charge in [0.05, 0.1) is 11.8 Å². The fraction of sp³-hybridized carbons (Fsp3) is 0.269. The Morgan fingerprint density at radius 3 is 2.76 bits per heavy atom. The highest BCUT2D eigenvalue weighted by molar-refractivity contribution is 5.92. The minimum atomic E-state index is -0.315. The Morgan fingerprint density at radius 1 is 1.15 bits per heavy atom. The first kappa shape index (κ1) is 21.3. The smallest absolute Gasteiger partial charge is 0.274 e. The molecule has 1 aliphatic rings. The Kier molecular flexibility index (Phi) is 5.88. The number of halogens is 1. The maximum atomic E-state index is 14.8. The Bertz CT molecular complexity index is 1300. The van der Waals surface area contributed by atoms with Crippen LogP contribution in [0.5, 0.6) is 0 Å². The molecule has 0 spiro atoms. The summed E-state index contributed by atoms with van der Waals surface area (Å²) in [6.07, 6.45) is 6.58. The number of imidazole rings is 1. The van der Waals surface area contributed by atoms with Crippen LogP contribution in [0.2, 0.25) is 0 Å². The number of aryl methyl sites for hydroxylation is 1. The van der Waals surface area contributed by atoms with Gasteiger partial charge >= 0.3 is 0 Å². The lowest BCUT2D eigenvalue weighted by Crippen LogP contribution is -2.43. The van der Waals surface area contributed by atoms with Gasteiger partial charge in [-0.3, -0.25) is 9.78 Å². The summed E-state index contributed by atoms with van der Waals surface area (Å²) < 4.78 is 22.1. The minimum Gasteiger partial charge on any atom is -0.381 e. The van der Waals surface area contributed by atoms with Crippen LogP contribution in [-0.4, -0.2) is 44.6 Å². The van der Waals surface area contributed by atoms with Crippen molar-refractivity contribution in [1.82, 2.24) is 19.4 Å². The quantitative estimate of drug-likeness (QED) is 0.452. The van der Waals surface area contributed by atoms with Gasteiger partial charge in [0.2, 0.25) is 0 Å². The van der Waals surface area contributed by atoms with E-state index in [9.17, 15) is 9.18 Å². The molecule has 7 heteroatoms. The number of benzene rings is 2. The number of hydrogen-bond donors (Lipinski definition) is 0. The van der Waals surface area contributed by atoms with Gasteiger partial charge in [0.25, 0.3) is 5.91 Å². The lowest BCUT2D eigenvalue weighted by molar-refractivity contribution is 0.0264. The first-order valence-corrected chi connectivity index (χ1v) is 11.1. The molecule has 4 aromatic rings. The predicted octanol–water partition coefficient (Wildman–Crippen LogP) is 4.60. The maximum absolute atomic E-state index is 14.8. The van der Waals surface area contributed by atoms with E-state index in [-0.39, 0.29) is 17.8 Å². The SMILES string of the molecule is Cn1cnc(C(=O)N(Cc2ccc(F)c(-c3cnc4ccccc4c3)c2)C2CCOCC2)c1. The summed E-state index contributed by atoms with van der Waals surface area (Å²) in [6.45, 7) is 1.61. The molecule has 1 aliphatic heterocycles. The molecule has 2 aromatic heterocycles. The van der Waals surface area contributed by atoms with E-state index >= 15 is 0 Å². The summed E-state index contributed by atoms with van der Waals surface area (Å²) in [7, 11) is 1.84. The van der Waals surface area contributed by atoms with Gasteiger partial charge in [0.1, 0.15) is 11.5 Å². The first-order chi connectivity index (χ1) is 16.1. The van der Waals surface area contributed by atoms with Crippen LogP contribution in [0.4, 0.5) is 4.39 Å². The Hall–Kier alpha value is -3.58. The molecule has 0 N–H and O–H groups in total. The number of fused-ring (bicyclic) bond motifs is 1. The van der Waals surface area contributed by atoms with Crippen molar-refractivity contribution in [3.63, 3.8) is 0 Å². The van der Waals surface area contributed by atoms with Gasteiger partial charge in [-0.15, -0.1) is 0 Å². The third-order valence-corrected chi connectivity index (χ3v) is 6.10. The molecule has 0 aliphatic carbocycles. The van der Waals surface area contributed by atoms with Gasteiger partial charge in [-0.1, -0.05) is 24.3 Å². The molecule has 0 bridgehead atoms. The highest BCUT2D eigenvalue weighted by Crippen LogP contribution is 2.28. The molecule has 2 aromatic carbocycles. The van der Waals surface area contributed by atoms with Crippen LogP contribution in [0.25, 0.3) is 22.0 Å². The molecular weight excluding hydrogens is 419 g/mol. The van der Waals surface area contributed by atoms with Gasteiger partial charge in [-0.2, -0.15) is 0 Å². The topological polar surface area (TPSA) is 60.2 Å². The highest BCUT2D eigenvalue weighted by Gasteiger charge is 2.28. The molecule has 0 radical (unpaired) electrons. The summed E-state index contributed by atoms with van der Waals surface area (Å²) in [5.41, 5.74) is 3.31. The molecule has 168 valence electrons. The summed E-state index contributed by atoms with van der Waals surface area (Å²) in [5, 5.41) is 0.953. The van der Waals surface area contributed by atoms with E-state index in [1.807, 2.05) is 48.3 Å². The number of para-hydroxylation sites is 1. The predicted molar refractivity (Wildman–Crippen MR) is 124 cm³/mol. The zero-order valence-corrected chi connectivity index (χ0v) is 18.4. The molecule has 1 amide bonds. The number of pyridine rings is 1. The van der Waals surface area contributed by atoms with Crippen molar-refractivity contribution in [2.24, 2.45) is 7.05 Å². The highest BCUT2D eigenvalue weighted by atomic mass is 19.1. The van der Waals surface area contributed by atoms with E-state index < -0.39 is 0 Å². The van der Waals surface area contributed by atoms with E-state index in [0.717, 1.165) is 29.3 Å². The van der Waals surface area contributed by atoms with E-state index in [1.54, 1.807) is 29.4 Å². The standard InChI is InChI=1S/C26H25FN4O2/c1-30-16-25(29-17-30)26(32)31(21-8-10-33-11-9-21)15-18-6-7-23(27)22(12-18)20-13-19-4-2-3-5-24(19)28-14-20/h2-7,12-14,16-17,21H,8-11,15H2,1H3. The Labute approximate surface area is 191 Å². The van der Waals surface area contributed by atoms with Gasteiger partial charge in [0.15, 0.2) is 0 Å². The van der Waals surface area contributed by atoms with E-state index in [2.05, 4.69) is 9.97 Å². The number of carbonyl (C=O) groups is 1. The second-order valence-corrected chi connectivity index (χ2v) is 8.43. The zero-order chi connectivity index (χ0) is 22.8. The molecule has 0 unspecified atom stereocenters.